The van der Waals surface area contributed by atoms with Gasteiger partial charge in [0.1, 0.15) is 5.69 Å². The summed E-state index contributed by atoms with van der Waals surface area (Å²) in [5.41, 5.74) is 2.80. The van der Waals surface area contributed by atoms with Crippen LogP contribution in [0, 0.1) is 0 Å². The highest BCUT2D eigenvalue weighted by molar-refractivity contribution is 6.42. The number of rotatable bonds is 5. The number of amides is 1. The first-order valence-corrected chi connectivity index (χ1v) is 8.52. The fourth-order valence-corrected chi connectivity index (χ4v) is 2.83. The number of benzene rings is 1. The topological polar surface area (TPSA) is 66.8 Å². The minimum atomic E-state index is -0.150. The highest BCUT2D eigenvalue weighted by Crippen LogP contribution is 2.27. The largest absolute Gasteiger partial charge is 0.335 e. The van der Waals surface area contributed by atoms with Crippen LogP contribution in [0.5, 0.6) is 0 Å². The third-order valence-electron chi connectivity index (χ3n) is 3.87. The molecule has 0 radical (unpaired) electrons. The van der Waals surface area contributed by atoms with Gasteiger partial charge in [-0.05, 0) is 31.2 Å². The van der Waals surface area contributed by atoms with Gasteiger partial charge in [0.25, 0.3) is 5.91 Å². The summed E-state index contributed by atoms with van der Waals surface area (Å²) in [6.07, 6.45) is 1.73. The van der Waals surface area contributed by atoms with Gasteiger partial charge in [0, 0.05) is 25.4 Å². The molecule has 0 bridgehead atoms. The van der Waals surface area contributed by atoms with E-state index in [4.69, 9.17) is 23.2 Å². The first kappa shape index (κ1) is 17.5. The van der Waals surface area contributed by atoms with Crippen molar-refractivity contribution in [2.75, 3.05) is 7.05 Å². The molecule has 0 aliphatic carbocycles. The lowest BCUT2D eigenvalue weighted by molar-refractivity contribution is 0.0775. The summed E-state index contributed by atoms with van der Waals surface area (Å²) in [5, 5.41) is 12.1. The third kappa shape index (κ3) is 3.70. The Bertz CT molecular complexity index is 902. The van der Waals surface area contributed by atoms with Crippen LogP contribution in [0.1, 0.15) is 23.1 Å². The van der Waals surface area contributed by atoms with Crippen molar-refractivity contribution in [1.29, 1.82) is 0 Å². The number of carbonyl (C=O) groups is 1. The van der Waals surface area contributed by atoms with Gasteiger partial charge in [0.05, 0.1) is 28.0 Å². The normalized spacial score (nSPS) is 10.9. The van der Waals surface area contributed by atoms with E-state index in [1.54, 1.807) is 36.3 Å². The molecule has 130 valence electrons. The number of halogens is 2. The minimum Gasteiger partial charge on any atom is -0.335 e. The van der Waals surface area contributed by atoms with E-state index in [2.05, 4.69) is 15.3 Å². The Labute approximate surface area is 155 Å². The molecule has 1 amide bonds. The predicted octanol–water partition coefficient (Wildman–Crippen LogP) is 3.87. The zero-order valence-corrected chi connectivity index (χ0v) is 15.3. The van der Waals surface area contributed by atoms with Gasteiger partial charge in [-0.1, -0.05) is 29.3 Å². The van der Waals surface area contributed by atoms with Crippen LogP contribution in [0.3, 0.4) is 0 Å². The maximum absolute atomic E-state index is 12.6. The Morgan fingerprint density at radius 3 is 2.76 bits per heavy atom. The lowest BCUT2D eigenvalue weighted by atomic mass is 10.1. The van der Waals surface area contributed by atoms with Crippen molar-refractivity contribution in [3.05, 3.63) is 58.0 Å². The average molecular weight is 378 g/mol. The van der Waals surface area contributed by atoms with Gasteiger partial charge in [-0.3, -0.25) is 14.6 Å². The minimum absolute atomic E-state index is 0.150. The van der Waals surface area contributed by atoms with Gasteiger partial charge in [0.15, 0.2) is 0 Å². The number of nitrogens with one attached hydrogen (secondary N) is 1. The second-order valence-electron chi connectivity index (χ2n) is 5.60. The number of hydrogen-bond acceptors (Lipinski definition) is 3. The maximum Gasteiger partial charge on any atom is 0.271 e. The molecule has 1 aromatic carbocycles. The molecule has 2 heterocycles. The van der Waals surface area contributed by atoms with Crippen molar-refractivity contribution >= 4 is 29.1 Å². The molecular formula is C17H17Cl2N5O. The molecule has 0 unspecified atom stereocenters. The van der Waals surface area contributed by atoms with Crippen LogP contribution in [0.4, 0.5) is 0 Å². The molecule has 0 fully saturated rings. The third-order valence-corrected chi connectivity index (χ3v) is 4.61. The van der Waals surface area contributed by atoms with Crippen molar-refractivity contribution in [2.45, 2.75) is 20.0 Å². The highest BCUT2D eigenvalue weighted by atomic mass is 35.5. The summed E-state index contributed by atoms with van der Waals surface area (Å²) in [6, 6.07) is 8.84. The zero-order valence-electron chi connectivity index (χ0n) is 13.8. The predicted molar refractivity (Wildman–Crippen MR) is 97.7 cm³/mol. The van der Waals surface area contributed by atoms with Gasteiger partial charge in [0.2, 0.25) is 0 Å². The summed E-state index contributed by atoms with van der Waals surface area (Å²) in [5.74, 6) is -0.150. The van der Waals surface area contributed by atoms with Crippen LogP contribution in [-0.2, 0) is 13.1 Å². The fraction of sp³-hybridized carbons (Fsp3) is 0.235. The van der Waals surface area contributed by atoms with E-state index in [9.17, 15) is 4.79 Å². The van der Waals surface area contributed by atoms with E-state index in [1.807, 2.05) is 23.7 Å². The Morgan fingerprint density at radius 1 is 1.24 bits per heavy atom. The van der Waals surface area contributed by atoms with Crippen LogP contribution in [0.15, 0.2) is 36.5 Å². The van der Waals surface area contributed by atoms with Crippen molar-refractivity contribution < 1.29 is 4.79 Å². The second kappa shape index (κ2) is 7.29. The van der Waals surface area contributed by atoms with E-state index in [-0.39, 0.29) is 5.91 Å². The number of nitrogens with zero attached hydrogens (tertiary/aromatic N) is 4. The summed E-state index contributed by atoms with van der Waals surface area (Å²) < 4.78 is 1.86. The van der Waals surface area contributed by atoms with E-state index in [1.165, 1.54) is 0 Å². The SMILES string of the molecule is CCn1nccc1CN(C)C(=O)c1cc(-c2ccc(Cl)c(Cl)c2)n[nH]1. The Balaban J connectivity index is 1.76. The van der Waals surface area contributed by atoms with Gasteiger partial charge in [-0.25, -0.2) is 0 Å². The number of aryl methyl sites for hydroxylation is 1. The van der Waals surface area contributed by atoms with Crippen LogP contribution in [-0.4, -0.2) is 37.8 Å². The monoisotopic (exact) mass is 377 g/mol. The van der Waals surface area contributed by atoms with E-state index in [0.717, 1.165) is 17.8 Å². The summed E-state index contributed by atoms with van der Waals surface area (Å²) in [4.78, 5) is 14.2. The molecule has 0 atom stereocenters. The van der Waals surface area contributed by atoms with Crippen molar-refractivity contribution in [3.8, 4) is 11.3 Å². The number of H-pyrrole nitrogens is 1. The maximum atomic E-state index is 12.6. The highest BCUT2D eigenvalue weighted by Gasteiger charge is 2.17. The van der Waals surface area contributed by atoms with Gasteiger partial charge < -0.3 is 4.90 Å². The number of aromatic nitrogens is 4. The molecule has 2 aromatic heterocycles. The Kier molecular flexibility index (Phi) is 5.11. The van der Waals surface area contributed by atoms with E-state index >= 15 is 0 Å². The molecule has 0 aliphatic heterocycles. The van der Waals surface area contributed by atoms with Crippen molar-refractivity contribution in [2.24, 2.45) is 0 Å². The van der Waals surface area contributed by atoms with E-state index < -0.39 is 0 Å². The fourth-order valence-electron chi connectivity index (χ4n) is 2.53. The first-order chi connectivity index (χ1) is 12.0. The Hall–Kier alpha value is -2.31. The van der Waals surface area contributed by atoms with Crippen molar-refractivity contribution in [1.82, 2.24) is 24.9 Å². The molecule has 0 saturated heterocycles. The molecule has 0 saturated carbocycles. The molecule has 0 spiro atoms. The van der Waals surface area contributed by atoms with Gasteiger partial charge in [-0.15, -0.1) is 0 Å². The molecule has 0 aliphatic rings. The number of carbonyl (C=O) groups excluding carboxylic acids is 1. The molecule has 25 heavy (non-hydrogen) atoms. The molecule has 3 rings (SSSR count). The molecule has 8 heteroatoms. The lowest BCUT2D eigenvalue weighted by Crippen LogP contribution is -2.27. The summed E-state index contributed by atoms with van der Waals surface area (Å²) >= 11 is 12.0. The zero-order chi connectivity index (χ0) is 18.0. The van der Waals surface area contributed by atoms with Crippen molar-refractivity contribution in [3.63, 3.8) is 0 Å². The average Bonchev–Trinajstić information content (AvgIpc) is 3.25. The van der Waals surface area contributed by atoms with Crippen LogP contribution < -0.4 is 0 Å². The number of aromatic amines is 1. The van der Waals surface area contributed by atoms with Crippen LogP contribution in [0.25, 0.3) is 11.3 Å². The number of hydrogen-bond donors (Lipinski definition) is 1. The Morgan fingerprint density at radius 2 is 2.04 bits per heavy atom. The smallest absolute Gasteiger partial charge is 0.271 e. The van der Waals surface area contributed by atoms with E-state index in [0.29, 0.717) is 28.0 Å². The van der Waals surface area contributed by atoms with Crippen LogP contribution >= 0.6 is 23.2 Å². The van der Waals surface area contributed by atoms with Gasteiger partial charge >= 0.3 is 0 Å². The second-order valence-corrected chi connectivity index (χ2v) is 6.41. The molecule has 3 aromatic rings. The standard InChI is InChI=1S/C17H17Cl2N5O/c1-3-24-12(6-7-20-24)10-23(2)17(25)16-9-15(21-22-16)11-4-5-13(18)14(19)8-11/h4-9H,3,10H2,1-2H3,(H,21,22). The molecular weight excluding hydrogens is 361 g/mol. The lowest BCUT2D eigenvalue weighted by Gasteiger charge is -2.16. The molecule has 1 N–H and O–H groups in total. The summed E-state index contributed by atoms with van der Waals surface area (Å²) in [7, 11) is 1.75. The molecule has 6 nitrogen and oxygen atoms in total. The first-order valence-electron chi connectivity index (χ1n) is 7.76. The summed E-state index contributed by atoms with van der Waals surface area (Å²) in [6.45, 7) is 3.24. The van der Waals surface area contributed by atoms with Gasteiger partial charge in [-0.2, -0.15) is 10.2 Å². The van der Waals surface area contributed by atoms with Crippen LogP contribution in [0.2, 0.25) is 10.0 Å². The quantitative estimate of drug-likeness (QED) is 0.733.